The number of benzene rings is 1. The topological polar surface area (TPSA) is 66.8 Å². The van der Waals surface area contributed by atoms with E-state index in [0.29, 0.717) is 18.3 Å². The van der Waals surface area contributed by atoms with Gasteiger partial charge in [0.15, 0.2) is 0 Å². The molecule has 6 heteroatoms. The Hall–Kier alpha value is -1.37. The average Bonchev–Trinajstić information content (AvgIpc) is 2.45. The van der Waals surface area contributed by atoms with E-state index in [9.17, 15) is 8.42 Å². The highest BCUT2D eigenvalue weighted by Gasteiger charge is 2.22. The van der Waals surface area contributed by atoms with E-state index >= 15 is 0 Å². The van der Waals surface area contributed by atoms with Gasteiger partial charge in [0, 0.05) is 13.1 Å². The number of hydrogen-bond acceptors (Lipinski definition) is 4. The van der Waals surface area contributed by atoms with Crippen LogP contribution in [0.25, 0.3) is 0 Å². The highest BCUT2D eigenvalue weighted by molar-refractivity contribution is 7.89. The normalized spacial score (nSPS) is 11.9. The van der Waals surface area contributed by atoms with E-state index < -0.39 is 10.0 Å². The lowest BCUT2D eigenvalue weighted by molar-refractivity contribution is 0.260. The number of aliphatic hydroxyl groups excluding tert-OH is 1. The van der Waals surface area contributed by atoms with Crippen LogP contribution in [0.3, 0.4) is 0 Å². The van der Waals surface area contributed by atoms with Crippen LogP contribution in [0.1, 0.15) is 13.8 Å². The fourth-order valence-corrected chi connectivity index (χ4v) is 3.09. The van der Waals surface area contributed by atoms with Crippen molar-refractivity contribution in [2.75, 3.05) is 26.3 Å². The molecule has 21 heavy (non-hydrogen) atoms. The van der Waals surface area contributed by atoms with Crippen molar-refractivity contribution < 1.29 is 18.3 Å². The number of nitrogens with zero attached hydrogens (tertiary/aromatic N) is 1. The number of sulfonamides is 1. The summed E-state index contributed by atoms with van der Waals surface area (Å²) in [5.74, 6) is 1.04. The molecule has 118 valence electrons. The van der Waals surface area contributed by atoms with Crippen molar-refractivity contribution >= 4 is 10.0 Å². The van der Waals surface area contributed by atoms with Gasteiger partial charge in [0.25, 0.3) is 0 Å². The molecule has 0 radical (unpaired) electrons. The van der Waals surface area contributed by atoms with E-state index in [1.54, 1.807) is 12.1 Å². The maximum Gasteiger partial charge on any atom is 0.243 e. The summed E-state index contributed by atoms with van der Waals surface area (Å²) in [6.07, 6.45) is 1.49. The Morgan fingerprint density at radius 2 is 1.95 bits per heavy atom. The van der Waals surface area contributed by atoms with E-state index in [2.05, 4.69) is 6.58 Å². The minimum absolute atomic E-state index is 0.0416. The van der Waals surface area contributed by atoms with Crippen molar-refractivity contribution in [1.82, 2.24) is 4.31 Å². The first kappa shape index (κ1) is 17.7. The van der Waals surface area contributed by atoms with Crippen LogP contribution in [0.2, 0.25) is 0 Å². The Labute approximate surface area is 126 Å². The van der Waals surface area contributed by atoms with Crippen LogP contribution in [-0.2, 0) is 10.0 Å². The summed E-state index contributed by atoms with van der Waals surface area (Å²) in [6, 6.07) is 6.30. The molecule has 1 rings (SSSR count). The summed E-state index contributed by atoms with van der Waals surface area (Å²) in [5.41, 5.74) is 0. The lowest BCUT2D eigenvalue weighted by atomic mass is 10.2. The Bertz CT molecular complexity index is 537. The quantitative estimate of drug-likeness (QED) is 0.707. The van der Waals surface area contributed by atoms with Gasteiger partial charge in [-0.1, -0.05) is 19.9 Å². The second-order valence-corrected chi connectivity index (χ2v) is 6.99. The van der Waals surface area contributed by atoms with Gasteiger partial charge in [0.2, 0.25) is 10.0 Å². The van der Waals surface area contributed by atoms with Crippen molar-refractivity contribution in [3.8, 4) is 5.75 Å². The monoisotopic (exact) mass is 313 g/mol. The van der Waals surface area contributed by atoms with Gasteiger partial charge in [-0.2, -0.15) is 4.31 Å². The van der Waals surface area contributed by atoms with Crippen LogP contribution in [0.15, 0.2) is 41.8 Å². The maximum absolute atomic E-state index is 12.4. The van der Waals surface area contributed by atoms with E-state index in [4.69, 9.17) is 9.84 Å². The summed E-state index contributed by atoms with van der Waals surface area (Å²) in [5, 5.41) is 8.98. The molecule has 0 heterocycles. The molecule has 0 aliphatic rings. The highest BCUT2D eigenvalue weighted by Crippen LogP contribution is 2.20. The first-order chi connectivity index (χ1) is 9.91. The number of hydrogen-bond donors (Lipinski definition) is 1. The molecule has 1 N–H and O–H groups in total. The second-order valence-electron chi connectivity index (χ2n) is 5.05. The smallest absolute Gasteiger partial charge is 0.243 e. The van der Waals surface area contributed by atoms with Crippen LogP contribution in [0.4, 0.5) is 0 Å². The van der Waals surface area contributed by atoms with Gasteiger partial charge in [0.1, 0.15) is 5.75 Å². The maximum atomic E-state index is 12.4. The Morgan fingerprint density at radius 1 is 1.33 bits per heavy atom. The lowest BCUT2D eigenvalue weighted by Crippen LogP contribution is -2.33. The molecule has 0 bridgehead atoms. The molecule has 0 fully saturated rings. The molecular formula is C15H23NO4S. The Balaban J connectivity index is 2.90. The van der Waals surface area contributed by atoms with Gasteiger partial charge in [-0.25, -0.2) is 8.42 Å². The van der Waals surface area contributed by atoms with Crippen molar-refractivity contribution in [2.45, 2.75) is 18.7 Å². The molecule has 0 atom stereocenters. The molecular weight excluding hydrogens is 290 g/mol. The van der Waals surface area contributed by atoms with Crippen LogP contribution in [0, 0.1) is 5.92 Å². The zero-order valence-corrected chi connectivity index (χ0v) is 13.3. The van der Waals surface area contributed by atoms with Crippen LogP contribution in [-0.4, -0.2) is 44.1 Å². The molecule has 0 aliphatic heterocycles. The van der Waals surface area contributed by atoms with Crippen molar-refractivity contribution in [3.63, 3.8) is 0 Å². The zero-order chi connectivity index (χ0) is 15.9. The third kappa shape index (κ3) is 5.15. The summed E-state index contributed by atoms with van der Waals surface area (Å²) in [4.78, 5) is 0.176. The summed E-state index contributed by atoms with van der Waals surface area (Å²) < 4.78 is 31.5. The van der Waals surface area contributed by atoms with Gasteiger partial charge in [-0.05, 0) is 30.2 Å². The lowest BCUT2D eigenvalue weighted by Gasteiger charge is -2.19. The Morgan fingerprint density at radius 3 is 2.43 bits per heavy atom. The molecule has 1 aromatic rings. The highest BCUT2D eigenvalue weighted by atomic mass is 32.2. The second kappa shape index (κ2) is 8.17. The van der Waals surface area contributed by atoms with E-state index in [0.717, 1.165) is 0 Å². The minimum Gasteiger partial charge on any atom is -0.493 e. The van der Waals surface area contributed by atoms with Gasteiger partial charge in [0.05, 0.1) is 18.1 Å². The van der Waals surface area contributed by atoms with Gasteiger partial charge < -0.3 is 9.84 Å². The summed E-state index contributed by atoms with van der Waals surface area (Å²) >= 11 is 0. The number of aliphatic hydroxyl groups is 1. The van der Waals surface area contributed by atoms with E-state index in [1.807, 2.05) is 13.8 Å². The van der Waals surface area contributed by atoms with Crippen molar-refractivity contribution in [3.05, 3.63) is 36.9 Å². The molecule has 0 amide bonds. The zero-order valence-electron chi connectivity index (χ0n) is 12.5. The minimum atomic E-state index is -3.63. The molecule has 0 unspecified atom stereocenters. The Kier molecular flexibility index (Phi) is 6.87. The van der Waals surface area contributed by atoms with Gasteiger partial charge >= 0.3 is 0 Å². The van der Waals surface area contributed by atoms with Crippen LogP contribution in [0.5, 0.6) is 5.75 Å². The van der Waals surface area contributed by atoms with Gasteiger partial charge in [-0.15, -0.1) is 6.58 Å². The third-order valence-electron chi connectivity index (χ3n) is 2.73. The van der Waals surface area contributed by atoms with Crippen molar-refractivity contribution in [2.24, 2.45) is 5.92 Å². The standard InChI is InChI=1S/C15H23NO4S/c1-4-9-16(10-11-17)21(18,19)15-7-5-14(6-8-15)20-12-13(2)3/h4-8,13,17H,1,9-12H2,2-3H3. The SMILES string of the molecule is C=CCN(CCO)S(=O)(=O)c1ccc(OCC(C)C)cc1. The molecule has 0 aliphatic carbocycles. The fourth-order valence-electron chi connectivity index (χ4n) is 1.68. The fraction of sp³-hybridized carbons (Fsp3) is 0.467. The predicted molar refractivity (Wildman–Crippen MR) is 82.8 cm³/mol. The van der Waals surface area contributed by atoms with E-state index in [1.165, 1.54) is 22.5 Å². The number of rotatable bonds is 9. The third-order valence-corrected chi connectivity index (χ3v) is 4.61. The first-order valence-corrected chi connectivity index (χ1v) is 8.30. The first-order valence-electron chi connectivity index (χ1n) is 6.86. The molecule has 0 saturated heterocycles. The molecule has 0 aromatic heterocycles. The van der Waals surface area contributed by atoms with Crippen molar-refractivity contribution in [1.29, 1.82) is 0 Å². The van der Waals surface area contributed by atoms with Crippen LogP contribution < -0.4 is 4.74 Å². The number of ether oxygens (including phenoxy) is 1. The largest absolute Gasteiger partial charge is 0.493 e. The molecule has 5 nitrogen and oxygen atoms in total. The predicted octanol–water partition coefficient (Wildman–Crippen LogP) is 1.89. The summed E-state index contributed by atoms with van der Waals surface area (Å²) in [6.45, 7) is 8.17. The molecule has 0 saturated carbocycles. The average molecular weight is 313 g/mol. The molecule has 0 spiro atoms. The van der Waals surface area contributed by atoms with Gasteiger partial charge in [-0.3, -0.25) is 0 Å². The van der Waals surface area contributed by atoms with E-state index in [-0.39, 0.29) is 24.6 Å². The molecule has 1 aromatic carbocycles. The van der Waals surface area contributed by atoms with Crippen LogP contribution >= 0.6 is 0 Å². The summed E-state index contributed by atoms with van der Waals surface area (Å²) in [7, 11) is -3.63.